The average molecular weight is 420 g/mol. The number of aromatic amines is 1. The first kappa shape index (κ1) is 18.9. The Labute approximate surface area is 179 Å². The Kier molecular flexibility index (Phi) is 4.79. The second-order valence-electron chi connectivity index (χ2n) is 7.70. The van der Waals surface area contributed by atoms with Crippen LogP contribution in [0.5, 0.6) is 0 Å². The lowest BCUT2D eigenvalue weighted by atomic mass is 9.95. The number of nitrogens with one attached hydrogen (secondary N) is 1. The molecule has 5 rings (SSSR count). The maximum atomic E-state index is 13.2. The van der Waals surface area contributed by atoms with E-state index in [-0.39, 0.29) is 5.91 Å². The predicted octanol–water partition coefficient (Wildman–Crippen LogP) is 4.73. The molecule has 1 N–H and O–H groups in total. The van der Waals surface area contributed by atoms with E-state index in [2.05, 4.69) is 10.1 Å². The molecule has 7 heteroatoms. The highest BCUT2D eigenvalue weighted by molar-refractivity contribution is 6.33. The summed E-state index contributed by atoms with van der Waals surface area (Å²) in [5, 5.41) is 4.87. The van der Waals surface area contributed by atoms with E-state index in [4.69, 9.17) is 16.6 Å². The standard InChI is InChI=1S/C23H22ClN5O/c1-15-20(21(24)29(27-15)17-7-3-2-4-8-17)23(30)28-13-11-16(12-14-28)22-25-18-9-5-6-10-19(18)26-22/h2-10,16H,11-14H2,1H3,(H,25,26). The van der Waals surface area contributed by atoms with Gasteiger partial charge < -0.3 is 9.88 Å². The lowest BCUT2D eigenvalue weighted by molar-refractivity contribution is 0.0710. The van der Waals surface area contributed by atoms with Crippen molar-refractivity contribution >= 4 is 28.5 Å². The van der Waals surface area contributed by atoms with Crippen LogP contribution in [0.4, 0.5) is 0 Å². The highest BCUT2D eigenvalue weighted by Crippen LogP contribution is 2.30. The number of para-hydroxylation sites is 3. The van der Waals surface area contributed by atoms with Crippen molar-refractivity contribution in [2.75, 3.05) is 13.1 Å². The van der Waals surface area contributed by atoms with Crippen LogP contribution in [-0.2, 0) is 0 Å². The molecule has 0 atom stereocenters. The number of imidazole rings is 1. The Morgan fingerprint density at radius 3 is 2.50 bits per heavy atom. The molecule has 6 nitrogen and oxygen atoms in total. The van der Waals surface area contributed by atoms with Gasteiger partial charge >= 0.3 is 0 Å². The van der Waals surface area contributed by atoms with Gasteiger partial charge in [0.25, 0.3) is 5.91 Å². The van der Waals surface area contributed by atoms with Crippen LogP contribution in [0, 0.1) is 6.92 Å². The van der Waals surface area contributed by atoms with Crippen molar-refractivity contribution in [2.45, 2.75) is 25.7 Å². The maximum Gasteiger partial charge on any atom is 0.258 e. The van der Waals surface area contributed by atoms with Crippen molar-refractivity contribution < 1.29 is 4.79 Å². The number of H-pyrrole nitrogens is 1. The van der Waals surface area contributed by atoms with Gasteiger partial charge in [-0.15, -0.1) is 0 Å². The van der Waals surface area contributed by atoms with E-state index in [0.717, 1.165) is 35.4 Å². The third-order valence-electron chi connectivity index (χ3n) is 5.80. The van der Waals surface area contributed by atoms with Crippen LogP contribution in [0.15, 0.2) is 54.6 Å². The number of aromatic nitrogens is 4. The van der Waals surface area contributed by atoms with Gasteiger partial charge in [-0.05, 0) is 44.0 Å². The number of amides is 1. The van der Waals surface area contributed by atoms with Crippen LogP contribution in [0.25, 0.3) is 16.7 Å². The zero-order chi connectivity index (χ0) is 20.7. The first-order chi connectivity index (χ1) is 14.6. The number of halogens is 1. The van der Waals surface area contributed by atoms with E-state index in [9.17, 15) is 4.79 Å². The van der Waals surface area contributed by atoms with Gasteiger partial charge in [0.1, 0.15) is 11.0 Å². The summed E-state index contributed by atoms with van der Waals surface area (Å²) in [5.41, 5.74) is 4.02. The number of hydrogen-bond acceptors (Lipinski definition) is 3. The van der Waals surface area contributed by atoms with E-state index in [1.807, 2.05) is 66.4 Å². The van der Waals surface area contributed by atoms with Gasteiger partial charge in [0.05, 0.1) is 28.0 Å². The number of benzene rings is 2. The number of hydrogen-bond donors (Lipinski definition) is 1. The molecule has 1 saturated heterocycles. The van der Waals surface area contributed by atoms with Crippen molar-refractivity contribution in [2.24, 2.45) is 0 Å². The Hall–Kier alpha value is -3.12. The van der Waals surface area contributed by atoms with Crippen molar-refractivity contribution in [3.8, 4) is 5.69 Å². The maximum absolute atomic E-state index is 13.2. The first-order valence-electron chi connectivity index (χ1n) is 10.2. The van der Waals surface area contributed by atoms with Crippen molar-refractivity contribution in [1.29, 1.82) is 0 Å². The molecule has 30 heavy (non-hydrogen) atoms. The lowest BCUT2D eigenvalue weighted by Crippen LogP contribution is -2.38. The average Bonchev–Trinajstić information content (AvgIpc) is 3.34. The van der Waals surface area contributed by atoms with E-state index >= 15 is 0 Å². The number of likely N-dealkylation sites (tertiary alicyclic amines) is 1. The zero-order valence-electron chi connectivity index (χ0n) is 16.7. The molecule has 3 heterocycles. The summed E-state index contributed by atoms with van der Waals surface area (Å²) in [6, 6.07) is 17.7. The lowest BCUT2D eigenvalue weighted by Gasteiger charge is -2.31. The van der Waals surface area contributed by atoms with E-state index in [1.54, 1.807) is 4.68 Å². The molecule has 1 aliphatic heterocycles. The molecule has 0 aliphatic carbocycles. The van der Waals surface area contributed by atoms with Gasteiger partial charge in [0.15, 0.2) is 0 Å². The third-order valence-corrected chi connectivity index (χ3v) is 6.14. The van der Waals surface area contributed by atoms with Gasteiger partial charge in [0.2, 0.25) is 0 Å². The second-order valence-corrected chi connectivity index (χ2v) is 8.06. The molecule has 4 aromatic rings. The van der Waals surface area contributed by atoms with E-state index in [1.165, 1.54) is 0 Å². The molecule has 0 saturated carbocycles. The fourth-order valence-electron chi connectivity index (χ4n) is 4.16. The van der Waals surface area contributed by atoms with Gasteiger partial charge in [-0.1, -0.05) is 41.9 Å². The Bertz CT molecular complexity index is 1170. The first-order valence-corrected chi connectivity index (χ1v) is 10.5. The van der Waals surface area contributed by atoms with Gasteiger partial charge in [-0.2, -0.15) is 5.10 Å². The molecule has 0 radical (unpaired) electrons. The molecule has 1 fully saturated rings. The van der Waals surface area contributed by atoms with Crippen LogP contribution in [0.3, 0.4) is 0 Å². The zero-order valence-corrected chi connectivity index (χ0v) is 17.4. The molecule has 1 aliphatic rings. The smallest absolute Gasteiger partial charge is 0.258 e. The number of fused-ring (bicyclic) bond motifs is 1. The molecule has 152 valence electrons. The fraction of sp³-hybridized carbons (Fsp3) is 0.261. The van der Waals surface area contributed by atoms with Crippen LogP contribution < -0.4 is 0 Å². The summed E-state index contributed by atoms with van der Waals surface area (Å²) in [6.07, 6.45) is 1.74. The molecular formula is C23H22ClN5O. The topological polar surface area (TPSA) is 66.8 Å². The van der Waals surface area contributed by atoms with Crippen molar-refractivity contribution in [1.82, 2.24) is 24.6 Å². The van der Waals surface area contributed by atoms with Crippen LogP contribution in [0.2, 0.25) is 5.15 Å². The van der Waals surface area contributed by atoms with E-state index < -0.39 is 0 Å². The monoisotopic (exact) mass is 419 g/mol. The fourth-order valence-corrected chi connectivity index (χ4v) is 4.52. The summed E-state index contributed by atoms with van der Waals surface area (Å²) < 4.78 is 1.63. The Balaban J connectivity index is 1.33. The number of rotatable bonds is 3. The summed E-state index contributed by atoms with van der Waals surface area (Å²) in [6.45, 7) is 3.18. The summed E-state index contributed by atoms with van der Waals surface area (Å²) in [7, 11) is 0. The highest BCUT2D eigenvalue weighted by atomic mass is 35.5. The second kappa shape index (κ2) is 7.61. The van der Waals surface area contributed by atoms with Gasteiger partial charge in [0, 0.05) is 19.0 Å². The summed E-state index contributed by atoms with van der Waals surface area (Å²) >= 11 is 6.59. The van der Waals surface area contributed by atoms with Crippen LogP contribution in [0.1, 0.15) is 40.6 Å². The van der Waals surface area contributed by atoms with Crippen LogP contribution in [-0.4, -0.2) is 43.6 Å². The number of aryl methyl sites for hydroxylation is 1. The molecule has 2 aromatic carbocycles. The van der Waals surface area contributed by atoms with Crippen molar-refractivity contribution in [3.63, 3.8) is 0 Å². The Morgan fingerprint density at radius 2 is 1.77 bits per heavy atom. The van der Waals surface area contributed by atoms with Gasteiger partial charge in [-0.3, -0.25) is 4.79 Å². The minimum absolute atomic E-state index is 0.0530. The highest BCUT2D eigenvalue weighted by Gasteiger charge is 2.30. The predicted molar refractivity (Wildman–Crippen MR) is 117 cm³/mol. The number of carbonyl (C=O) groups excluding carboxylic acids is 1. The largest absolute Gasteiger partial charge is 0.342 e. The summed E-state index contributed by atoms with van der Waals surface area (Å²) in [4.78, 5) is 23.3. The molecule has 0 spiro atoms. The Morgan fingerprint density at radius 1 is 1.07 bits per heavy atom. The SMILES string of the molecule is Cc1nn(-c2ccccc2)c(Cl)c1C(=O)N1CCC(c2nc3ccccc3[nH]2)CC1. The molecule has 1 amide bonds. The number of carbonyl (C=O) groups is 1. The molecule has 0 unspecified atom stereocenters. The minimum Gasteiger partial charge on any atom is -0.342 e. The van der Waals surface area contributed by atoms with Crippen molar-refractivity contribution in [3.05, 3.63) is 76.8 Å². The van der Waals surface area contributed by atoms with Gasteiger partial charge in [-0.25, -0.2) is 9.67 Å². The summed E-state index contributed by atoms with van der Waals surface area (Å²) in [5.74, 6) is 1.28. The van der Waals surface area contributed by atoms with Crippen LogP contribution >= 0.6 is 11.6 Å². The van der Waals surface area contributed by atoms with E-state index in [0.29, 0.717) is 35.4 Å². The minimum atomic E-state index is -0.0530. The number of piperidine rings is 1. The molecule has 0 bridgehead atoms. The molecule has 2 aromatic heterocycles. The number of nitrogens with zero attached hydrogens (tertiary/aromatic N) is 4. The molecular weight excluding hydrogens is 398 g/mol. The normalized spacial score (nSPS) is 15.1. The quantitative estimate of drug-likeness (QED) is 0.522. The third kappa shape index (κ3) is 3.27.